The Morgan fingerprint density at radius 1 is 1.03 bits per heavy atom. The van der Waals surface area contributed by atoms with Gasteiger partial charge in [0.1, 0.15) is 17.9 Å². The number of aryl methyl sites for hydroxylation is 1. The standard InChI is InChI=1S/C23H21N3O3S/c1-14-6-5-7-16(12-14)29-11-10-26-15(2)18(17-8-3-4-9-20(17)26)13-19-21(27)24-23(30)25-22(19)28/h3-9,12-13H,10-11H2,1-2H3,(H2,24,25,27,28,30). The molecule has 2 aromatic carbocycles. The molecular formula is C23H21N3O3S. The van der Waals surface area contributed by atoms with Crippen molar-refractivity contribution in [1.29, 1.82) is 0 Å². The lowest BCUT2D eigenvalue weighted by atomic mass is 10.1. The van der Waals surface area contributed by atoms with Crippen LogP contribution in [0.5, 0.6) is 5.75 Å². The van der Waals surface area contributed by atoms with E-state index in [-0.39, 0.29) is 10.7 Å². The summed E-state index contributed by atoms with van der Waals surface area (Å²) in [6.45, 7) is 5.13. The highest BCUT2D eigenvalue weighted by Gasteiger charge is 2.26. The van der Waals surface area contributed by atoms with Gasteiger partial charge in [0.2, 0.25) is 0 Å². The van der Waals surface area contributed by atoms with Crippen LogP contribution >= 0.6 is 12.2 Å². The molecule has 0 saturated carbocycles. The van der Waals surface area contributed by atoms with E-state index in [1.54, 1.807) is 6.08 Å². The maximum Gasteiger partial charge on any atom is 0.263 e. The number of nitrogens with one attached hydrogen (secondary N) is 2. The Morgan fingerprint density at radius 3 is 2.50 bits per heavy atom. The van der Waals surface area contributed by atoms with Crippen molar-refractivity contribution in [3.05, 3.63) is 70.9 Å². The molecule has 7 heteroatoms. The number of thiocarbonyl (C=S) groups is 1. The van der Waals surface area contributed by atoms with Gasteiger partial charge in [-0.3, -0.25) is 20.2 Å². The summed E-state index contributed by atoms with van der Waals surface area (Å²) in [7, 11) is 0. The van der Waals surface area contributed by atoms with Gasteiger partial charge in [0.25, 0.3) is 11.8 Å². The van der Waals surface area contributed by atoms with E-state index in [9.17, 15) is 9.59 Å². The van der Waals surface area contributed by atoms with E-state index in [0.717, 1.165) is 33.5 Å². The molecule has 0 bridgehead atoms. The minimum Gasteiger partial charge on any atom is -0.492 e. The molecule has 2 heterocycles. The third-order valence-corrected chi connectivity index (χ3v) is 5.29. The molecule has 1 aliphatic heterocycles. The van der Waals surface area contributed by atoms with Crippen molar-refractivity contribution >= 4 is 46.1 Å². The largest absolute Gasteiger partial charge is 0.492 e. The Balaban J connectivity index is 1.66. The van der Waals surface area contributed by atoms with Gasteiger partial charge in [-0.15, -0.1) is 0 Å². The number of benzene rings is 2. The summed E-state index contributed by atoms with van der Waals surface area (Å²) in [4.78, 5) is 24.6. The van der Waals surface area contributed by atoms with Crippen LogP contribution < -0.4 is 15.4 Å². The van der Waals surface area contributed by atoms with Gasteiger partial charge >= 0.3 is 0 Å². The monoisotopic (exact) mass is 419 g/mol. The zero-order valence-corrected chi connectivity index (χ0v) is 17.5. The van der Waals surface area contributed by atoms with Gasteiger partial charge < -0.3 is 9.30 Å². The molecule has 1 aliphatic rings. The van der Waals surface area contributed by atoms with E-state index >= 15 is 0 Å². The molecule has 30 heavy (non-hydrogen) atoms. The number of carbonyl (C=O) groups is 2. The van der Waals surface area contributed by atoms with Crippen LogP contribution in [0.4, 0.5) is 0 Å². The van der Waals surface area contributed by atoms with Gasteiger partial charge in [0.15, 0.2) is 5.11 Å². The van der Waals surface area contributed by atoms with Crippen LogP contribution in [-0.4, -0.2) is 28.1 Å². The maximum absolute atomic E-state index is 12.3. The van der Waals surface area contributed by atoms with Gasteiger partial charge in [-0.2, -0.15) is 0 Å². The lowest BCUT2D eigenvalue weighted by Crippen LogP contribution is -2.51. The van der Waals surface area contributed by atoms with Crippen LogP contribution in [0.3, 0.4) is 0 Å². The second-order valence-electron chi connectivity index (χ2n) is 7.13. The van der Waals surface area contributed by atoms with Gasteiger partial charge in [-0.1, -0.05) is 30.3 Å². The second kappa shape index (κ2) is 8.12. The minimum atomic E-state index is -0.497. The zero-order valence-electron chi connectivity index (χ0n) is 16.7. The zero-order chi connectivity index (χ0) is 21.3. The van der Waals surface area contributed by atoms with Crippen molar-refractivity contribution in [3.8, 4) is 5.75 Å². The van der Waals surface area contributed by atoms with Crippen LogP contribution in [0.15, 0.2) is 54.1 Å². The van der Waals surface area contributed by atoms with E-state index in [4.69, 9.17) is 17.0 Å². The van der Waals surface area contributed by atoms with Gasteiger partial charge in [-0.05, 0) is 55.9 Å². The van der Waals surface area contributed by atoms with Crippen molar-refractivity contribution in [3.63, 3.8) is 0 Å². The molecule has 4 rings (SSSR count). The topological polar surface area (TPSA) is 72.4 Å². The van der Waals surface area contributed by atoms with E-state index in [1.165, 1.54) is 0 Å². The number of hydrogen-bond acceptors (Lipinski definition) is 4. The molecule has 1 fully saturated rings. The fourth-order valence-corrected chi connectivity index (χ4v) is 3.82. The van der Waals surface area contributed by atoms with Crippen molar-refractivity contribution < 1.29 is 14.3 Å². The molecule has 152 valence electrons. The van der Waals surface area contributed by atoms with Gasteiger partial charge in [-0.25, -0.2) is 0 Å². The van der Waals surface area contributed by atoms with Crippen molar-refractivity contribution in [2.24, 2.45) is 0 Å². The average Bonchev–Trinajstić information content (AvgIpc) is 2.96. The predicted octanol–water partition coefficient (Wildman–Crippen LogP) is 3.25. The molecular weight excluding hydrogens is 398 g/mol. The predicted molar refractivity (Wildman–Crippen MR) is 120 cm³/mol. The van der Waals surface area contributed by atoms with Crippen LogP contribution in [0.1, 0.15) is 16.8 Å². The normalized spacial score (nSPS) is 13.9. The quantitative estimate of drug-likeness (QED) is 0.378. The van der Waals surface area contributed by atoms with Crippen LogP contribution in [0.25, 0.3) is 17.0 Å². The van der Waals surface area contributed by atoms with Gasteiger partial charge in [0, 0.05) is 22.2 Å². The van der Waals surface area contributed by atoms with E-state index in [2.05, 4.69) is 15.2 Å². The average molecular weight is 420 g/mol. The number of ether oxygens (including phenoxy) is 1. The molecule has 6 nitrogen and oxygen atoms in total. The Labute approximate surface area is 179 Å². The van der Waals surface area contributed by atoms with E-state index in [0.29, 0.717) is 13.2 Å². The van der Waals surface area contributed by atoms with Crippen molar-refractivity contribution in [2.45, 2.75) is 20.4 Å². The molecule has 0 atom stereocenters. The summed E-state index contributed by atoms with van der Waals surface area (Å²) < 4.78 is 8.06. The highest BCUT2D eigenvalue weighted by atomic mass is 32.1. The number of rotatable bonds is 5. The lowest BCUT2D eigenvalue weighted by molar-refractivity contribution is -0.123. The third-order valence-electron chi connectivity index (χ3n) is 5.08. The maximum atomic E-state index is 12.3. The Bertz CT molecular complexity index is 1190. The summed E-state index contributed by atoms with van der Waals surface area (Å²) in [5.74, 6) is -0.163. The van der Waals surface area contributed by atoms with Gasteiger partial charge in [0.05, 0.1) is 6.54 Å². The molecule has 3 aromatic rings. The van der Waals surface area contributed by atoms with Crippen LogP contribution in [-0.2, 0) is 16.1 Å². The number of nitrogens with zero attached hydrogens (tertiary/aromatic N) is 1. The number of aromatic nitrogens is 1. The first-order valence-corrected chi connectivity index (χ1v) is 10.0. The summed E-state index contributed by atoms with van der Waals surface area (Å²) in [6, 6.07) is 15.8. The molecule has 2 N–H and O–H groups in total. The number of amides is 2. The first kappa shape index (κ1) is 19.8. The lowest BCUT2D eigenvalue weighted by Gasteiger charge is -2.16. The van der Waals surface area contributed by atoms with Crippen LogP contribution in [0, 0.1) is 13.8 Å². The summed E-state index contributed by atoms with van der Waals surface area (Å²) >= 11 is 4.87. The van der Waals surface area contributed by atoms with E-state index in [1.807, 2.05) is 62.4 Å². The first-order chi connectivity index (χ1) is 14.4. The fraction of sp³-hybridized carbons (Fsp3) is 0.174. The number of carbonyl (C=O) groups excluding carboxylic acids is 2. The molecule has 0 aliphatic carbocycles. The molecule has 1 aromatic heterocycles. The van der Waals surface area contributed by atoms with E-state index < -0.39 is 11.8 Å². The number of fused-ring (bicyclic) bond motifs is 1. The number of para-hydroxylation sites is 1. The molecule has 1 saturated heterocycles. The SMILES string of the molecule is Cc1cccc(OCCn2c(C)c(C=C3C(=O)NC(=S)NC3=O)c3ccccc32)c1. The minimum absolute atomic E-state index is 0.0228. The van der Waals surface area contributed by atoms with Crippen molar-refractivity contribution in [2.75, 3.05) is 6.61 Å². The Kier molecular flexibility index (Phi) is 5.37. The summed E-state index contributed by atoms with van der Waals surface area (Å²) in [5.41, 5.74) is 3.97. The highest BCUT2D eigenvalue weighted by Crippen LogP contribution is 2.28. The molecule has 0 unspecified atom stereocenters. The summed E-state index contributed by atoms with van der Waals surface area (Å²) in [5, 5.41) is 5.94. The second-order valence-corrected chi connectivity index (χ2v) is 7.54. The molecule has 2 amide bonds. The first-order valence-electron chi connectivity index (χ1n) is 9.59. The third kappa shape index (κ3) is 3.84. The fourth-order valence-electron chi connectivity index (χ4n) is 3.64. The molecule has 0 radical (unpaired) electrons. The Hall–Kier alpha value is -3.45. The van der Waals surface area contributed by atoms with Crippen molar-refractivity contribution in [1.82, 2.24) is 15.2 Å². The summed E-state index contributed by atoms with van der Waals surface area (Å²) in [6.07, 6.45) is 1.63. The smallest absolute Gasteiger partial charge is 0.263 e. The number of hydrogen-bond donors (Lipinski definition) is 2. The highest BCUT2D eigenvalue weighted by molar-refractivity contribution is 7.80. The van der Waals surface area contributed by atoms with Crippen LogP contribution in [0.2, 0.25) is 0 Å². The Morgan fingerprint density at radius 2 is 1.77 bits per heavy atom. The molecule has 0 spiro atoms.